The van der Waals surface area contributed by atoms with Gasteiger partial charge in [0.1, 0.15) is 11.5 Å². The normalized spacial score (nSPS) is 11.3. The summed E-state index contributed by atoms with van der Waals surface area (Å²) in [4.78, 5) is 0. The summed E-state index contributed by atoms with van der Waals surface area (Å²) in [7, 11) is 3.36. The van der Waals surface area contributed by atoms with Crippen LogP contribution in [0.3, 0.4) is 0 Å². The summed E-state index contributed by atoms with van der Waals surface area (Å²) in [5, 5.41) is 0. The van der Waals surface area contributed by atoms with E-state index in [4.69, 9.17) is 9.47 Å². The van der Waals surface area contributed by atoms with Crippen molar-refractivity contribution >= 4 is 24.3 Å². The van der Waals surface area contributed by atoms with Gasteiger partial charge in [0.25, 0.3) is 0 Å². The maximum absolute atomic E-state index is 5.21. The molecule has 0 amide bonds. The smallest absolute Gasteiger partial charge is 0.118 e. The Labute approximate surface area is 167 Å². The van der Waals surface area contributed by atoms with Gasteiger partial charge in [0.2, 0.25) is 0 Å². The molecule has 0 N–H and O–H groups in total. The highest BCUT2D eigenvalue weighted by molar-refractivity contribution is 5.76. The Balaban J connectivity index is 1.77. The first-order valence-corrected chi connectivity index (χ1v) is 9.34. The number of hydrogen-bond donors (Lipinski definition) is 0. The average molecular weight is 370 g/mol. The van der Waals surface area contributed by atoms with Gasteiger partial charge in [-0.05, 0) is 71.5 Å². The van der Waals surface area contributed by atoms with Crippen molar-refractivity contribution in [1.82, 2.24) is 0 Å². The van der Waals surface area contributed by atoms with Crippen molar-refractivity contribution in [1.29, 1.82) is 0 Å². The van der Waals surface area contributed by atoms with E-state index in [1.165, 1.54) is 22.3 Å². The Bertz CT molecular complexity index is 895. The largest absolute Gasteiger partial charge is 0.497 e. The van der Waals surface area contributed by atoms with Crippen LogP contribution in [0.2, 0.25) is 0 Å². The Morgan fingerprint density at radius 2 is 0.893 bits per heavy atom. The van der Waals surface area contributed by atoms with Gasteiger partial charge in [-0.3, -0.25) is 0 Å². The predicted molar refractivity (Wildman–Crippen MR) is 120 cm³/mol. The molecule has 142 valence electrons. The Morgan fingerprint density at radius 3 is 1.21 bits per heavy atom. The second kappa shape index (κ2) is 9.09. The molecule has 0 radical (unpaired) electrons. The van der Waals surface area contributed by atoms with Gasteiger partial charge < -0.3 is 9.47 Å². The molecule has 0 saturated carbocycles. The third-order valence-electron chi connectivity index (χ3n) is 4.80. The molecule has 28 heavy (non-hydrogen) atoms. The van der Waals surface area contributed by atoms with Crippen LogP contribution < -0.4 is 9.47 Å². The zero-order chi connectivity index (χ0) is 19.9. The van der Waals surface area contributed by atoms with Crippen LogP contribution in [-0.4, -0.2) is 14.2 Å². The fraction of sp³-hybridized carbons (Fsp3) is 0.154. The first kappa shape index (κ1) is 19.5. The molecule has 0 saturated heterocycles. The molecular formula is C26H26O2. The highest BCUT2D eigenvalue weighted by Crippen LogP contribution is 2.22. The summed E-state index contributed by atoms with van der Waals surface area (Å²) in [5.74, 6) is 1.74. The third kappa shape index (κ3) is 4.92. The molecule has 0 spiro atoms. The number of ether oxygens (including phenoxy) is 2. The lowest BCUT2D eigenvalue weighted by atomic mass is 9.98. The Hall–Kier alpha value is -3.26. The topological polar surface area (TPSA) is 18.5 Å². The van der Waals surface area contributed by atoms with Crippen molar-refractivity contribution in [3.05, 3.63) is 94.0 Å². The monoisotopic (exact) mass is 370 g/mol. The molecule has 0 aliphatic rings. The first-order chi connectivity index (χ1) is 13.6. The van der Waals surface area contributed by atoms with Gasteiger partial charge in [-0.1, -0.05) is 60.7 Å². The standard InChI is InChI=1S/C26H26O2/c1-19-17-24(12-6-22-9-15-26(28-4)16-10-22)20(2)18-23(19)11-5-21-7-13-25(27-3)14-8-21/h5-18H,1-4H3. The second-order valence-corrected chi connectivity index (χ2v) is 6.78. The van der Waals surface area contributed by atoms with Gasteiger partial charge in [-0.2, -0.15) is 0 Å². The number of aryl methyl sites for hydroxylation is 2. The molecule has 2 heteroatoms. The molecule has 0 aliphatic heterocycles. The molecule has 0 aromatic heterocycles. The van der Waals surface area contributed by atoms with Crippen molar-refractivity contribution in [2.24, 2.45) is 0 Å². The highest BCUT2D eigenvalue weighted by Gasteiger charge is 2.01. The van der Waals surface area contributed by atoms with Crippen LogP contribution in [0, 0.1) is 13.8 Å². The van der Waals surface area contributed by atoms with E-state index in [9.17, 15) is 0 Å². The van der Waals surface area contributed by atoms with Gasteiger partial charge in [-0.25, -0.2) is 0 Å². The molecule has 0 heterocycles. The highest BCUT2D eigenvalue weighted by atomic mass is 16.5. The lowest BCUT2D eigenvalue weighted by Gasteiger charge is -2.07. The van der Waals surface area contributed by atoms with Crippen molar-refractivity contribution in [2.45, 2.75) is 13.8 Å². The molecule has 2 nitrogen and oxygen atoms in total. The SMILES string of the molecule is COc1ccc(C=Cc2cc(C)c(C=Cc3ccc(OC)cc3)cc2C)cc1. The summed E-state index contributed by atoms with van der Waals surface area (Å²) in [6.07, 6.45) is 8.60. The minimum Gasteiger partial charge on any atom is -0.497 e. The van der Waals surface area contributed by atoms with Crippen LogP contribution >= 0.6 is 0 Å². The summed E-state index contributed by atoms with van der Waals surface area (Å²) in [6.45, 7) is 4.30. The van der Waals surface area contributed by atoms with Gasteiger partial charge in [-0.15, -0.1) is 0 Å². The van der Waals surface area contributed by atoms with Gasteiger partial charge in [0.15, 0.2) is 0 Å². The minimum atomic E-state index is 0.872. The fourth-order valence-electron chi connectivity index (χ4n) is 3.02. The molecule has 3 aromatic rings. The summed E-state index contributed by atoms with van der Waals surface area (Å²) in [6, 6.07) is 20.6. The summed E-state index contributed by atoms with van der Waals surface area (Å²) >= 11 is 0. The maximum Gasteiger partial charge on any atom is 0.118 e. The molecule has 0 atom stereocenters. The quantitative estimate of drug-likeness (QED) is 0.452. The molecule has 0 fully saturated rings. The van der Waals surface area contributed by atoms with E-state index in [1.807, 2.05) is 24.3 Å². The summed E-state index contributed by atoms with van der Waals surface area (Å²) < 4.78 is 10.4. The van der Waals surface area contributed by atoms with Crippen LogP contribution in [0.5, 0.6) is 11.5 Å². The molecule has 0 bridgehead atoms. The number of rotatable bonds is 6. The average Bonchev–Trinajstić information content (AvgIpc) is 2.73. The van der Waals surface area contributed by atoms with Crippen LogP contribution in [0.4, 0.5) is 0 Å². The first-order valence-electron chi connectivity index (χ1n) is 9.34. The zero-order valence-electron chi connectivity index (χ0n) is 16.9. The lowest BCUT2D eigenvalue weighted by Crippen LogP contribution is -1.88. The van der Waals surface area contributed by atoms with E-state index in [0.29, 0.717) is 0 Å². The second-order valence-electron chi connectivity index (χ2n) is 6.78. The van der Waals surface area contributed by atoms with Gasteiger partial charge >= 0.3 is 0 Å². The van der Waals surface area contributed by atoms with E-state index in [2.05, 4.69) is 74.5 Å². The van der Waals surface area contributed by atoms with Crippen molar-refractivity contribution in [2.75, 3.05) is 14.2 Å². The van der Waals surface area contributed by atoms with E-state index < -0.39 is 0 Å². The molecule has 0 unspecified atom stereocenters. The Kier molecular flexibility index (Phi) is 6.33. The fourth-order valence-corrected chi connectivity index (χ4v) is 3.02. The predicted octanol–water partition coefficient (Wildman–Crippen LogP) is 6.66. The maximum atomic E-state index is 5.21. The van der Waals surface area contributed by atoms with Crippen LogP contribution in [0.25, 0.3) is 24.3 Å². The molecule has 3 rings (SSSR count). The van der Waals surface area contributed by atoms with E-state index >= 15 is 0 Å². The Morgan fingerprint density at radius 1 is 0.536 bits per heavy atom. The molecular weight excluding hydrogens is 344 g/mol. The van der Waals surface area contributed by atoms with E-state index in [1.54, 1.807) is 14.2 Å². The van der Waals surface area contributed by atoms with Crippen LogP contribution in [-0.2, 0) is 0 Å². The number of hydrogen-bond acceptors (Lipinski definition) is 2. The lowest BCUT2D eigenvalue weighted by molar-refractivity contribution is 0.414. The van der Waals surface area contributed by atoms with Gasteiger partial charge in [0, 0.05) is 0 Å². The van der Waals surface area contributed by atoms with Crippen LogP contribution in [0.15, 0.2) is 60.7 Å². The van der Waals surface area contributed by atoms with Crippen molar-refractivity contribution in [3.8, 4) is 11.5 Å². The number of benzene rings is 3. The zero-order valence-corrected chi connectivity index (χ0v) is 16.9. The molecule has 3 aromatic carbocycles. The van der Waals surface area contributed by atoms with Crippen LogP contribution in [0.1, 0.15) is 33.4 Å². The van der Waals surface area contributed by atoms with Gasteiger partial charge in [0.05, 0.1) is 14.2 Å². The molecule has 0 aliphatic carbocycles. The van der Waals surface area contributed by atoms with Crippen molar-refractivity contribution < 1.29 is 9.47 Å². The van der Waals surface area contributed by atoms with E-state index in [-0.39, 0.29) is 0 Å². The van der Waals surface area contributed by atoms with E-state index in [0.717, 1.165) is 22.6 Å². The third-order valence-corrected chi connectivity index (χ3v) is 4.80. The number of methoxy groups -OCH3 is 2. The minimum absolute atomic E-state index is 0.872. The van der Waals surface area contributed by atoms with Crippen molar-refractivity contribution in [3.63, 3.8) is 0 Å². The summed E-state index contributed by atoms with van der Waals surface area (Å²) in [5.41, 5.74) is 7.28.